The first-order valence-corrected chi connectivity index (χ1v) is 9.73. The predicted octanol–water partition coefficient (Wildman–Crippen LogP) is 3.11. The molecule has 0 atom stereocenters. The van der Waals surface area contributed by atoms with E-state index >= 15 is 0 Å². The van der Waals surface area contributed by atoms with Crippen LogP contribution in [-0.4, -0.2) is 49.8 Å². The minimum atomic E-state index is -4.59. The zero-order valence-corrected chi connectivity index (χ0v) is 17.3. The molecule has 0 saturated heterocycles. The summed E-state index contributed by atoms with van der Waals surface area (Å²) in [5, 5.41) is 10.7. The minimum absolute atomic E-state index is 0.0244. The van der Waals surface area contributed by atoms with E-state index in [0.717, 1.165) is 6.07 Å². The Morgan fingerprint density at radius 2 is 1.90 bits per heavy atom. The molecule has 1 aromatic heterocycles. The van der Waals surface area contributed by atoms with Crippen molar-refractivity contribution in [2.45, 2.75) is 38.1 Å². The Bertz CT molecular complexity index is 883. The number of aromatic nitrogens is 3. The lowest BCUT2D eigenvalue weighted by atomic mass is 10.1. The average molecular weight is 429 g/mol. The summed E-state index contributed by atoms with van der Waals surface area (Å²) in [6, 6.07) is 4.39. The second-order valence-corrected chi connectivity index (χ2v) is 7.53. The number of nitrogens with one attached hydrogen (secondary N) is 1. The van der Waals surface area contributed by atoms with Gasteiger partial charge in [0.15, 0.2) is 5.16 Å². The van der Waals surface area contributed by atoms with Gasteiger partial charge in [-0.3, -0.25) is 9.59 Å². The molecule has 0 aliphatic rings. The van der Waals surface area contributed by atoms with Crippen LogP contribution in [0.5, 0.6) is 0 Å². The molecule has 1 N–H and O–H groups in total. The molecule has 11 heteroatoms. The number of nitrogens with zero attached hydrogens (tertiary/aromatic N) is 4. The fourth-order valence-corrected chi connectivity index (χ4v) is 3.31. The van der Waals surface area contributed by atoms with Gasteiger partial charge in [0, 0.05) is 13.1 Å². The first-order valence-electron chi connectivity index (χ1n) is 8.75. The Morgan fingerprint density at radius 1 is 1.24 bits per heavy atom. The van der Waals surface area contributed by atoms with E-state index in [1.807, 2.05) is 0 Å². The summed E-state index contributed by atoms with van der Waals surface area (Å²) in [6.07, 6.45) is -4.59. The summed E-state index contributed by atoms with van der Waals surface area (Å²) in [4.78, 5) is 26.2. The zero-order chi connectivity index (χ0) is 21.8. The molecule has 0 aliphatic carbocycles. The molecule has 29 heavy (non-hydrogen) atoms. The molecule has 0 bridgehead atoms. The number of halogens is 3. The maximum absolute atomic E-state index is 13.1. The fourth-order valence-electron chi connectivity index (χ4n) is 2.47. The van der Waals surface area contributed by atoms with Gasteiger partial charge in [-0.1, -0.05) is 23.9 Å². The van der Waals surface area contributed by atoms with Crippen LogP contribution in [-0.2, 0) is 22.8 Å². The lowest BCUT2D eigenvalue weighted by molar-refractivity contribution is -0.137. The Hall–Kier alpha value is -2.56. The van der Waals surface area contributed by atoms with Gasteiger partial charge in [-0.15, -0.1) is 10.2 Å². The predicted molar refractivity (Wildman–Crippen MR) is 103 cm³/mol. The van der Waals surface area contributed by atoms with Crippen LogP contribution in [0.3, 0.4) is 0 Å². The van der Waals surface area contributed by atoms with Gasteiger partial charge in [-0.2, -0.15) is 13.2 Å². The van der Waals surface area contributed by atoms with E-state index in [4.69, 9.17) is 0 Å². The highest BCUT2D eigenvalue weighted by Gasteiger charge is 2.33. The minimum Gasteiger partial charge on any atom is -0.330 e. The highest BCUT2D eigenvalue weighted by Crippen LogP contribution is 2.34. The molecular formula is C18H22F3N5O2S. The van der Waals surface area contributed by atoms with Crippen LogP contribution in [0.15, 0.2) is 29.4 Å². The summed E-state index contributed by atoms with van der Waals surface area (Å²) < 4.78 is 41.0. The van der Waals surface area contributed by atoms with Crippen molar-refractivity contribution in [1.82, 2.24) is 19.7 Å². The van der Waals surface area contributed by atoms with Crippen molar-refractivity contribution in [3.05, 3.63) is 35.7 Å². The van der Waals surface area contributed by atoms with Crippen molar-refractivity contribution < 1.29 is 22.8 Å². The van der Waals surface area contributed by atoms with Gasteiger partial charge in [-0.25, -0.2) is 0 Å². The Kier molecular flexibility index (Phi) is 7.28. The number of alkyl halides is 3. The van der Waals surface area contributed by atoms with Crippen molar-refractivity contribution >= 4 is 29.3 Å². The van der Waals surface area contributed by atoms with Crippen molar-refractivity contribution in [3.8, 4) is 0 Å². The molecule has 1 aromatic carbocycles. The van der Waals surface area contributed by atoms with Gasteiger partial charge in [0.25, 0.3) is 0 Å². The van der Waals surface area contributed by atoms with Crippen molar-refractivity contribution in [3.63, 3.8) is 0 Å². The van der Waals surface area contributed by atoms with E-state index < -0.39 is 17.6 Å². The number of anilines is 1. The summed E-state index contributed by atoms with van der Waals surface area (Å²) in [7, 11) is 1.77. The van der Waals surface area contributed by atoms with Crippen LogP contribution in [0.2, 0.25) is 0 Å². The second-order valence-electron chi connectivity index (χ2n) is 6.58. The van der Waals surface area contributed by atoms with E-state index in [9.17, 15) is 22.8 Å². The van der Waals surface area contributed by atoms with Crippen molar-refractivity contribution in [2.24, 2.45) is 7.05 Å². The molecule has 0 fully saturated rings. The van der Waals surface area contributed by atoms with E-state index in [0.29, 0.717) is 11.0 Å². The van der Waals surface area contributed by atoms with E-state index in [1.165, 1.54) is 34.9 Å². The number of rotatable bonds is 7. The molecule has 1 heterocycles. The van der Waals surface area contributed by atoms with Gasteiger partial charge in [-0.05, 0) is 32.9 Å². The third-order valence-electron chi connectivity index (χ3n) is 4.14. The Labute approximate surface area is 170 Å². The number of carbonyl (C=O) groups excluding carboxylic acids is 2. The molecule has 158 valence electrons. The lowest BCUT2D eigenvalue weighted by Gasteiger charge is -2.26. The fraction of sp³-hybridized carbons (Fsp3) is 0.444. The smallest absolute Gasteiger partial charge is 0.330 e. The van der Waals surface area contributed by atoms with E-state index in [-0.39, 0.29) is 29.9 Å². The van der Waals surface area contributed by atoms with Gasteiger partial charge in [0.05, 0.1) is 17.0 Å². The molecular weight excluding hydrogens is 407 g/mol. The van der Waals surface area contributed by atoms with E-state index in [1.54, 1.807) is 32.4 Å². The number of aryl methyl sites for hydroxylation is 1. The van der Waals surface area contributed by atoms with Crippen LogP contribution in [0.4, 0.5) is 18.9 Å². The zero-order valence-electron chi connectivity index (χ0n) is 16.4. The topological polar surface area (TPSA) is 80.1 Å². The summed E-state index contributed by atoms with van der Waals surface area (Å²) in [6.45, 7) is 4.88. The molecule has 7 nitrogen and oxygen atoms in total. The van der Waals surface area contributed by atoms with Gasteiger partial charge in [0.1, 0.15) is 12.4 Å². The van der Waals surface area contributed by atoms with Crippen LogP contribution in [0.25, 0.3) is 0 Å². The number of amides is 2. The van der Waals surface area contributed by atoms with Crippen molar-refractivity contribution in [1.29, 1.82) is 0 Å². The van der Waals surface area contributed by atoms with Crippen LogP contribution >= 0.6 is 11.8 Å². The molecule has 2 aromatic rings. The number of para-hydroxylation sites is 1. The summed E-state index contributed by atoms with van der Waals surface area (Å²) >= 11 is 1.18. The molecule has 0 unspecified atom stereocenters. The average Bonchev–Trinajstić information content (AvgIpc) is 2.95. The van der Waals surface area contributed by atoms with Gasteiger partial charge < -0.3 is 14.8 Å². The van der Waals surface area contributed by atoms with Crippen LogP contribution in [0.1, 0.15) is 25.2 Å². The summed E-state index contributed by atoms with van der Waals surface area (Å²) in [5.41, 5.74) is -1.28. The highest BCUT2D eigenvalue weighted by molar-refractivity contribution is 7.99. The lowest BCUT2D eigenvalue weighted by Crippen LogP contribution is -2.43. The Balaban J connectivity index is 2.04. The Morgan fingerprint density at radius 3 is 2.45 bits per heavy atom. The van der Waals surface area contributed by atoms with Gasteiger partial charge in [0.2, 0.25) is 11.8 Å². The maximum Gasteiger partial charge on any atom is 0.418 e. The number of carbonyl (C=O) groups is 2. The molecule has 0 aliphatic heterocycles. The normalized spacial score (nSPS) is 11.6. The standard InChI is InChI=1S/C18H22F3N5O2S/c1-11(2)26(16(28)10-29-17-24-23-12(3)25(17)4)9-15(27)22-14-8-6-5-7-13(14)18(19,20)21/h5-8,11H,9-10H2,1-4H3,(H,22,27). The second kappa shape index (κ2) is 9.29. The third-order valence-corrected chi connectivity index (χ3v) is 5.15. The first kappa shape index (κ1) is 22.7. The van der Waals surface area contributed by atoms with E-state index in [2.05, 4.69) is 15.5 Å². The monoisotopic (exact) mass is 429 g/mol. The highest BCUT2D eigenvalue weighted by atomic mass is 32.2. The summed E-state index contributed by atoms with van der Waals surface area (Å²) in [5.74, 6) is -0.312. The molecule has 2 rings (SSSR count). The van der Waals surface area contributed by atoms with Crippen LogP contribution in [0, 0.1) is 6.92 Å². The van der Waals surface area contributed by atoms with Crippen LogP contribution < -0.4 is 5.32 Å². The van der Waals surface area contributed by atoms with Crippen molar-refractivity contribution in [2.75, 3.05) is 17.6 Å². The molecule has 0 saturated carbocycles. The third kappa shape index (κ3) is 5.96. The molecule has 0 spiro atoms. The number of benzene rings is 1. The number of hydrogen-bond acceptors (Lipinski definition) is 5. The SMILES string of the molecule is Cc1nnc(SCC(=O)N(CC(=O)Nc2ccccc2C(F)(F)F)C(C)C)n1C. The quantitative estimate of drug-likeness (QED) is 0.684. The largest absolute Gasteiger partial charge is 0.418 e. The number of hydrogen-bond donors (Lipinski definition) is 1. The van der Waals surface area contributed by atoms with Gasteiger partial charge >= 0.3 is 6.18 Å². The first-order chi connectivity index (χ1) is 13.5. The number of thioether (sulfide) groups is 1. The molecule has 2 amide bonds. The molecule has 0 radical (unpaired) electrons. The maximum atomic E-state index is 13.1.